The van der Waals surface area contributed by atoms with E-state index in [1.54, 1.807) is 0 Å². The third kappa shape index (κ3) is 3.25. The first-order chi connectivity index (χ1) is 7.67. The Balaban J connectivity index is 2.89. The van der Waals surface area contributed by atoms with Crippen molar-refractivity contribution in [1.82, 2.24) is 0 Å². The van der Waals surface area contributed by atoms with Crippen molar-refractivity contribution >= 4 is 23.4 Å². The van der Waals surface area contributed by atoms with Crippen LogP contribution >= 0.6 is 23.4 Å². The zero-order valence-electron chi connectivity index (χ0n) is 8.56. The molecular weight excluding hydrogens is 283 g/mol. The molecule has 1 unspecified atom stereocenters. The van der Waals surface area contributed by atoms with Crippen LogP contribution in [0.25, 0.3) is 0 Å². The molecule has 0 aromatic heterocycles. The molecule has 0 heterocycles. The Morgan fingerprint density at radius 3 is 2.00 bits per heavy atom. The standard InChI is InChI=1S/C10H8ClF5S/c1-9(14,10(15,16)8(12)13)17-7-4-2-6(11)3-5-7/h2-5,8H,1H3. The Morgan fingerprint density at radius 2 is 1.59 bits per heavy atom. The highest BCUT2D eigenvalue weighted by atomic mass is 35.5. The lowest BCUT2D eigenvalue weighted by molar-refractivity contribution is -0.177. The van der Waals surface area contributed by atoms with Crippen LogP contribution in [0.15, 0.2) is 29.2 Å². The molecule has 0 aliphatic carbocycles. The van der Waals surface area contributed by atoms with Gasteiger partial charge in [-0.3, -0.25) is 0 Å². The summed E-state index contributed by atoms with van der Waals surface area (Å²) in [5, 5.41) is -3.05. The maximum atomic E-state index is 13.6. The zero-order valence-corrected chi connectivity index (χ0v) is 10.1. The van der Waals surface area contributed by atoms with E-state index in [9.17, 15) is 22.0 Å². The summed E-state index contributed by atoms with van der Waals surface area (Å²) in [6.45, 7) is 0.429. The van der Waals surface area contributed by atoms with Gasteiger partial charge in [-0.1, -0.05) is 23.4 Å². The van der Waals surface area contributed by atoms with Gasteiger partial charge in [0, 0.05) is 9.92 Å². The number of benzene rings is 1. The van der Waals surface area contributed by atoms with Crippen LogP contribution < -0.4 is 0 Å². The van der Waals surface area contributed by atoms with E-state index in [0.29, 0.717) is 11.9 Å². The van der Waals surface area contributed by atoms with E-state index in [1.165, 1.54) is 24.3 Å². The van der Waals surface area contributed by atoms with Crippen LogP contribution in [-0.2, 0) is 0 Å². The Bertz CT molecular complexity index is 377. The van der Waals surface area contributed by atoms with Gasteiger partial charge >= 0.3 is 12.3 Å². The van der Waals surface area contributed by atoms with E-state index >= 15 is 0 Å². The van der Waals surface area contributed by atoms with Gasteiger partial charge in [0.2, 0.25) is 5.00 Å². The van der Waals surface area contributed by atoms with Crippen molar-refractivity contribution in [2.75, 3.05) is 0 Å². The minimum atomic E-state index is -4.72. The molecule has 0 N–H and O–H groups in total. The van der Waals surface area contributed by atoms with Crippen LogP contribution in [0.4, 0.5) is 22.0 Å². The fourth-order valence-electron chi connectivity index (χ4n) is 0.987. The average molecular weight is 291 g/mol. The summed E-state index contributed by atoms with van der Waals surface area (Å²) in [6.07, 6.45) is -4.06. The summed E-state index contributed by atoms with van der Waals surface area (Å²) in [6, 6.07) is 5.29. The molecule has 1 aromatic carbocycles. The lowest BCUT2D eigenvalue weighted by Crippen LogP contribution is -2.44. The maximum Gasteiger partial charge on any atom is 0.349 e. The smallest absolute Gasteiger partial charge is 0.225 e. The SMILES string of the molecule is CC(F)(Sc1ccc(Cl)cc1)C(F)(F)C(F)F. The summed E-state index contributed by atoms with van der Waals surface area (Å²) >= 11 is 5.59. The molecule has 0 spiro atoms. The van der Waals surface area contributed by atoms with Crippen LogP contribution in [0.3, 0.4) is 0 Å². The largest absolute Gasteiger partial charge is 0.349 e. The van der Waals surface area contributed by atoms with Crippen molar-refractivity contribution in [2.24, 2.45) is 0 Å². The van der Waals surface area contributed by atoms with Crippen molar-refractivity contribution < 1.29 is 22.0 Å². The molecule has 0 amide bonds. The normalized spacial score (nSPS) is 16.0. The Labute approximate surface area is 104 Å². The van der Waals surface area contributed by atoms with Crippen LogP contribution in [0.1, 0.15) is 6.92 Å². The number of thioether (sulfide) groups is 1. The van der Waals surface area contributed by atoms with Crippen LogP contribution in [0, 0.1) is 0 Å². The molecule has 0 bridgehead atoms. The summed E-state index contributed by atoms with van der Waals surface area (Å²) in [5.41, 5.74) is 0. The van der Waals surface area contributed by atoms with Crippen molar-refractivity contribution in [1.29, 1.82) is 0 Å². The quantitative estimate of drug-likeness (QED) is 0.554. The highest BCUT2D eigenvalue weighted by molar-refractivity contribution is 8.00. The first-order valence-corrected chi connectivity index (χ1v) is 5.66. The lowest BCUT2D eigenvalue weighted by atomic mass is 10.2. The van der Waals surface area contributed by atoms with E-state index < -0.39 is 17.3 Å². The third-order valence-electron chi connectivity index (χ3n) is 1.99. The number of hydrogen-bond donors (Lipinski definition) is 0. The Morgan fingerprint density at radius 1 is 1.12 bits per heavy atom. The van der Waals surface area contributed by atoms with Gasteiger partial charge in [-0.25, -0.2) is 13.2 Å². The van der Waals surface area contributed by atoms with E-state index in [4.69, 9.17) is 11.6 Å². The van der Waals surface area contributed by atoms with E-state index in [-0.39, 0.29) is 16.7 Å². The van der Waals surface area contributed by atoms with Gasteiger partial charge in [0.1, 0.15) is 0 Å². The van der Waals surface area contributed by atoms with Gasteiger partial charge in [0.15, 0.2) is 0 Å². The molecule has 0 fully saturated rings. The van der Waals surface area contributed by atoms with Gasteiger partial charge < -0.3 is 0 Å². The molecule has 1 aromatic rings. The Kier molecular flexibility index (Phi) is 4.30. The molecule has 0 nitrogen and oxygen atoms in total. The highest BCUT2D eigenvalue weighted by Crippen LogP contribution is 2.48. The monoisotopic (exact) mass is 290 g/mol. The first-order valence-electron chi connectivity index (χ1n) is 4.46. The second-order valence-electron chi connectivity index (χ2n) is 3.40. The van der Waals surface area contributed by atoms with E-state index in [2.05, 4.69) is 0 Å². The molecule has 0 radical (unpaired) electrons. The zero-order chi connectivity index (χ0) is 13.3. The van der Waals surface area contributed by atoms with Gasteiger partial charge in [-0.15, -0.1) is 0 Å². The second-order valence-corrected chi connectivity index (χ2v) is 5.28. The summed E-state index contributed by atoms with van der Waals surface area (Å²) in [5.74, 6) is -4.72. The fraction of sp³-hybridized carbons (Fsp3) is 0.400. The molecule has 0 aliphatic heterocycles. The third-order valence-corrected chi connectivity index (χ3v) is 3.41. The second kappa shape index (κ2) is 5.02. The topological polar surface area (TPSA) is 0 Å². The van der Waals surface area contributed by atoms with Crippen LogP contribution in [-0.4, -0.2) is 17.3 Å². The van der Waals surface area contributed by atoms with Gasteiger partial charge in [0.05, 0.1) is 0 Å². The van der Waals surface area contributed by atoms with Crippen LogP contribution in [0.2, 0.25) is 5.02 Å². The molecule has 17 heavy (non-hydrogen) atoms. The van der Waals surface area contributed by atoms with Crippen molar-refractivity contribution in [2.45, 2.75) is 29.2 Å². The van der Waals surface area contributed by atoms with E-state index in [0.717, 1.165) is 0 Å². The number of halogens is 6. The fourth-order valence-corrected chi connectivity index (χ4v) is 2.05. The molecule has 0 saturated heterocycles. The number of rotatable bonds is 4. The van der Waals surface area contributed by atoms with Gasteiger partial charge in [-0.05, 0) is 31.2 Å². The van der Waals surface area contributed by atoms with Gasteiger partial charge in [0.25, 0.3) is 0 Å². The minimum absolute atomic E-state index is 0.0346. The predicted molar refractivity (Wildman–Crippen MR) is 57.8 cm³/mol. The molecule has 96 valence electrons. The first kappa shape index (κ1) is 14.6. The molecule has 0 aliphatic rings. The molecular formula is C10H8ClF5S. The summed E-state index contributed by atoms with van der Waals surface area (Å²) in [4.78, 5) is 0.0970. The maximum absolute atomic E-state index is 13.6. The number of alkyl halides is 5. The summed E-state index contributed by atoms with van der Waals surface area (Å²) in [7, 11) is 0. The van der Waals surface area contributed by atoms with Gasteiger partial charge in [-0.2, -0.15) is 8.78 Å². The van der Waals surface area contributed by atoms with Crippen molar-refractivity contribution in [3.8, 4) is 0 Å². The molecule has 1 atom stereocenters. The molecule has 7 heteroatoms. The van der Waals surface area contributed by atoms with Crippen molar-refractivity contribution in [3.05, 3.63) is 29.3 Å². The van der Waals surface area contributed by atoms with Crippen molar-refractivity contribution in [3.63, 3.8) is 0 Å². The lowest BCUT2D eigenvalue weighted by Gasteiger charge is -2.28. The van der Waals surface area contributed by atoms with Crippen LogP contribution in [0.5, 0.6) is 0 Å². The summed E-state index contributed by atoms with van der Waals surface area (Å²) < 4.78 is 63.5. The average Bonchev–Trinajstić information content (AvgIpc) is 2.20. The predicted octanol–water partition coefficient (Wildman–Crippen LogP) is 5.02. The molecule has 1 rings (SSSR count). The van der Waals surface area contributed by atoms with E-state index in [1.807, 2.05) is 0 Å². The number of hydrogen-bond acceptors (Lipinski definition) is 1. The minimum Gasteiger partial charge on any atom is -0.225 e. The highest BCUT2D eigenvalue weighted by Gasteiger charge is 2.59. The molecule has 0 saturated carbocycles. The Hall–Kier alpha value is -0.490.